The van der Waals surface area contributed by atoms with Crippen LogP contribution in [0.15, 0.2) is 46.9 Å². The summed E-state index contributed by atoms with van der Waals surface area (Å²) in [5.74, 6) is 0.820. The first kappa shape index (κ1) is 15.2. The Morgan fingerprint density at radius 2 is 1.90 bits per heavy atom. The van der Waals surface area contributed by atoms with Gasteiger partial charge in [0.1, 0.15) is 5.75 Å². The average molecular weight is 355 g/mol. The number of methoxy groups -OCH3 is 1. The first-order chi connectivity index (χ1) is 9.63. The molecule has 106 valence electrons. The molecule has 0 radical (unpaired) electrons. The Hall–Kier alpha value is -1.19. The number of nitrogens with one attached hydrogen (secondary N) is 1. The standard InChI is InChI=1S/C16H17BrClNO/c1-3-15(11-4-6-12(18)7-5-11)19-13-8-9-14(17)16(10-13)20-2/h4-10,15,19H,3H2,1-2H3. The molecule has 20 heavy (non-hydrogen) atoms. The fourth-order valence-electron chi connectivity index (χ4n) is 2.07. The normalized spacial score (nSPS) is 12.0. The van der Waals surface area contributed by atoms with E-state index in [1.54, 1.807) is 7.11 Å². The van der Waals surface area contributed by atoms with Gasteiger partial charge in [-0.05, 0) is 52.2 Å². The van der Waals surface area contributed by atoms with Crippen LogP contribution in [0, 0.1) is 0 Å². The Morgan fingerprint density at radius 1 is 1.20 bits per heavy atom. The molecule has 0 bridgehead atoms. The van der Waals surface area contributed by atoms with Gasteiger partial charge in [0.15, 0.2) is 0 Å². The molecule has 0 saturated carbocycles. The van der Waals surface area contributed by atoms with Crippen molar-refractivity contribution < 1.29 is 4.74 Å². The van der Waals surface area contributed by atoms with E-state index in [2.05, 4.69) is 40.3 Å². The summed E-state index contributed by atoms with van der Waals surface area (Å²) in [7, 11) is 1.67. The van der Waals surface area contributed by atoms with Gasteiger partial charge in [-0.15, -0.1) is 0 Å². The van der Waals surface area contributed by atoms with Crippen LogP contribution < -0.4 is 10.1 Å². The van der Waals surface area contributed by atoms with Crippen molar-refractivity contribution in [3.8, 4) is 5.75 Å². The second-order valence-corrected chi connectivity index (χ2v) is 5.80. The van der Waals surface area contributed by atoms with Crippen LogP contribution in [-0.4, -0.2) is 7.11 Å². The summed E-state index contributed by atoms with van der Waals surface area (Å²) in [6, 6.07) is 14.2. The molecule has 2 aromatic rings. The number of hydrogen-bond donors (Lipinski definition) is 1. The van der Waals surface area contributed by atoms with E-state index < -0.39 is 0 Å². The van der Waals surface area contributed by atoms with Crippen molar-refractivity contribution in [1.82, 2.24) is 0 Å². The first-order valence-electron chi connectivity index (χ1n) is 6.49. The highest BCUT2D eigenvalue weighted by Crippen LogP contribution is 2.30. The van der Waals surface area contributed by atoms with E-state index in [9.17, 15) is 0 Å². The van der Waals surface area contributed by atoms with Crippen LogP contribution in [0.3, 0.4) is 0 Å². The molecule has 0 fully saturated rings. The smallest absolute Gasteiger partial charge is 0.135 e. The molecular formula is C16H17BrClNO. The maximum atomic E-state index is 5.93. The zero-order valence-corrected chi connectivity index (χ0v) is 13.8. The Labute approximate surface area is 133 Å². The van der Waals surface area contributed by atoms with Crippen molar-refractivity contribution in [3.05, 3.63) is 57.5 Å². The molecule has 0 aliphatic carbocycles. The number of anilines is 1. The van der Waals surface area contributed by atoms with Crippen molar-refractivity contribution in [2.24, 2.45) is 0 Å². The van der Waals surface area contributed by atoms with Crippen molar-refractivity contribution in [2.45, 2.75) is 19.4 Å². The number of hydrogen-bond acceptors (Lipinski definition) is 2. The summed E-state index contributed by atoms with van der Waals surface area (Å²) < 4.78 is 6.27. The largest absolute Gasteiger partial charge is 0.495 e. The van der Waals surface area contributed by atoms with Gasteiger partial charge in [-0.3, -0.25) is 0 Å². The van der Waals surface area contributed by atoms with E-state index in [0.29, 0.717) is 0 Å². The topological polar surface area (TPSA) is 21.3 Å². The van der Waals surface area contributed by atoms with Gasteiger partial charge in [0.05, 0.1) is 17.6 Å². The lowest BCUT2D eigenvalue weighted by Crippen LogP contribution is -2.09. The van der Waals surface area contributed by atoms with Crippen molar-refractivity contribution in [3.63, 3.8) is 0 Å². The third kappa shape index (κ3) is 3.68. The van der Waals surface area contributed by atoms with Crippen LogP contribution in [0.1, 0.15) is 24.9 Å². The second kappa shape index (κ2) is 7.00. The zero-order chi connectivity index (χ0) is 14.5. The van der Waals surface area contributed by atoms with Crippen LogP contribution in [0.5, 0.6) is 5.75 Å². The van der Waals surface area contributed by atoms with Gasteiger partial charge < -0.3 is 10.1 Å². The highest BCUT2D eigenvalue weighted by Gasteiger charge is 2.10. The molecule has 0 aliphatic rings. The molecule has 0 heterocycles. The van der Waals surface area contributed by atoms with Crippen LogP contribution in [0.25, 0.3) is 0 Å². The molecule has 1 atom stereocenters. The number of ether oxygens (including phenoxy) is 1. The highest BCUT2D eigenvalue weighted by atomic mass is 79.9. The molecule has 1 unspecified atom stereocenters. The summed E-state index contributed by atoms with van der Waals surface area (Å²) in [6.07, 6.45) is 0.986. The Morgan fingerprint density at radius 3 is 2.50 bits per heavy atom. The van der Waals surface area contributed by atoms with E-state index in [-0.39, 0.29) is 6.04 Å². The summed E-state index contributed by atoms with van der Waals surface area (Å²) in [5.41, 5.74) is 2.26. The average Bonchev–Trinajstić information content (AvgIpc) is 2.47. The fraction of sp³-hybridized carbons (Fsp3) is 0.250. The Balaban J connectivity index is 2.19. The number of halogens is 2. The minimum absolute atomic E-state index is 0.248. The van der Waals surface area contributed by atoms with Gasteiger partial charge >= 0.3 is 0 Å². The van der Waals surface area contributed by atoms with E-state index >= 15 is 0 Å². The lowest BCUT2D eigenvalue weighted by atomic mass is 10.0. The molecular weight excluding hydrogens is 338 g/mol. The maximum Gasteiger partial charge on any atom is 0.135 e. The molecule has 0 spiro atoms. The van der Waals surface area contributed by atoms with Gasteiger partial charge in [0, 0.05) is 16.8 Å². The van der Waals surface area contributed by atoms with Gasteiger partial charge in [0.25, 0.3) is 0 Å². The summed E-state index contributed by atoms with van der Waals surface area (Å²) in [6.45, 7) is 2.16. The molecule has 1 N–H and O–H groups in total. The third-order valence-corrected chi connectivity index (χ3v) is 4.08. The van der Waals surface area contributed by atoms with Crippen molar-refractivity contribution in [1.29, 1.82) is 0 Å². The van der Waals surface area contributed by atoms with Crippen LogP contribution in [0.4, 0.5) is 5.69 Å². The highest BCUT2D eigenvalue weighted by molar-refractivity contribution is 9.10. The van der Waals surface area contributed by atoms with Gasteiger partial charge in [-0.1, -0.05) is 30.7 Å². The van der Waals surface area contributed by atoms with Crippen molar-refractivity contribution >= 4 is 33.2 Å². The molecule has 2 rings (SSSR count). The van der Waals surface area contributed by atoms with Crippen molar-refractivity contribution in [2.75, 3.05) is 12.4 Å². The van der Waals surface area contributed by atoms with E-state index in [1.807, 2.05) is 30.3 Å². The monoisotopic (exact) mass is 353 g/mol. The predicted octanol–water partition coefficient (Wildman–Crippen LogP) is 5.67. The zero-order valence-electron chi connectivity index (χ0n) is 11.5. The Kier molecular flexibility index (Phi) is 5.32. The number of benzene rings is 2. The summed E-state index contributed by atoms with van der Waals surface area (Å²) in [4.78, 5) is 0. The van der Waals surface area contributed by atoms with Crippen LogP contribution in [0.2, 0.25) is 5.02 Å². The maximum absolute atomic E-state index is 5.93. The summed E-state index contributed by atoms with van der Waals surface area (Å²) in [5, 5.41) is 4.28. The van der Waals surface area contributed by atoms with Crippen LogP contribution >= 0.6 is 27.5 Å². The quantitative estimate of drug-likeness (QED) is 0.746. The SMILES string of the molecule is CCC(Nc1ccc(Br)c(OC)c1)c1ccc(Cl)cc1. The first-order valence-corrected chi connectivity index (χ1v) is 7.66. The van der Waals surface area contributed by atoms with E-state index in [1.165, 1.54) is 5.56 Å². The van der Waals surface area contributed by atoms with Crippen LogP contribution in [-0.2, 0) is 0 Å². The van der Waals surface area contributed by atoms with Gasteiger partial charge in [-0.2, -0.15) is 0 Å². The minimum Gasteiger partial charge on any atom is -0.495 e. The van der Waals surface area contributed by atoms with Gasteiger partial charge in [0.2, 0.25) is 0 Å². The predicted molar refractivity (Wildman–Crippen MR) is 88.8 cm³/mol. The molecule has 0 saturated heterocycles. The second-order valence-electron chi connectivity index (χ2n) is 4.51. The van der Waals surface area contributed by atoms with E-state index in [0.717, 1.165) is 27.4 Å². The molecule has 2 nitrogen and oxygen atoms in total. The molecule has 0 amide bonds. The lowest BCUT2D eigenvalue weighted by molar-refractivity contribution is 0.412. The molecule has 0 aromatic heterocycles. The molecule has 2 aromatic carbocycles. The fourth-order valence-corrected chi connectivity index (χ4v) is 2.60. The lowest BCUT2D eigenvalue weighted by Gasteiger charge is -2.19. The number of rotatable bonds is 5. The third-order valence-electron chi connectivity index (χ3n) is 3.17. The van der Waals surface area contributed by atoms with E-state index in [4.69, 9.17) is 16.3 Å². The summed E-state index contributed by atoms with van der Waals surface area (Å²) >= 11 is 9.39. The molecule has 0 aliphatic heterocycles. The van der Waals surface area contributed by atoms with Gasteiger partial charge in [-0.25, -0.2) is 0 Å². The minimum atomic E-state index is 0.248. The Bertz CT molecular complexity index is 571. The molecule has 4 heteroatoms.